The van der Waals surface area contributed by atoms with E-state index in [4.69, 9.17) is 5.11 Å². The van der Waals surface area contributed by atoms with Crippen molar-refractivity contribution in [3.8, 4) is 11.5 Å². The number of aliphatic hydroxyl groups excluding tert-OH is 1. The van der Waals surface area contributed by atoms with Gasteiger partial charge in [0.15, 0.2) is 0 Å². The van der Waals surface area contributed by atoms with Gasteiger partial charge in [-0.1, -0.05) is 5.92 Å². The van der Waals surface area contributed by atoms with Gasteiger partial charge in [0.25, 0.3) is 0 Å². The molecule has 0 aromatic heterocycles. The first-order valence-corrected chi connectivity index (χ1v) is 2.42. The van der Waals surface area contributed by atoms with Crippen molar-refractivity contribution in [1.29, 1.82) is 0 Å². The first-order chi connectivity index (χ1) is 2.41. The Morgan fingerprint density at radius 3 is 2.40 bits per heavy atom. The summed E-state index contributed by atoms with van der Waals surface area (Å²) in [5.74, 6) is 2.48. The largest absolute Gasteiger partial charge is 0.384 e. The van der Waals surface area contributed by atoms with Gasteiger partial charge in [0.1, 0.15) is 6.61 Å². The van der Waals surface area contributed by atoms with Crippen molar-refractivity contribution in [1.82, 2.24) is 0 Å². The predicted molar refractivity (Wildman–Crippen MR) is 24.8 cm³/mol. The van der Waals surface area contributed by atoms with Crippen LogP contribution in [0.4, 0.5) is 0 Å². The first-order valence-electron chi connectivity index (χ1n) is 1.42. The van der Waals surface area contributed by atoms with Gasteiger partial charge in [-0.25, -0.2) is 0 Å². The number of hydrogen-bond acceptors (Lipinski definition) is 1. The Hall–Kier alpha value is -0.263. The van der Waals surface area contributed by atoms with E-state index in [2.05, 4.69) is 11.5 Å². The van der Waals surface area contributed by atoms with Crippen molar-refractivity contribution >= 4 is 10.2 Å². The van der Waals surface area contributed by atoms with E-state index < -0.39 is 0 Å². The van der Waals surface area contributed by atoms with E-state index >= 15 is 0 Å². The van der Waals surface area contributed by atoms with E-state index in [1.165, 1.54) is 0 Å². The lowest BCUT2D eigenvalue weighted by Gasteiger charge is -1.60. The summed E-state index contributed by atoms with van der Waals surface area (Å²) in [7, 11) is 0.878. The summed E-state index contributed by atoms with van der Waals surface area (Å²) in [6, 6.07) is 0. The summed E-state index contributed by atoms with van der Waals surface area (Å²) in [5.41, 5.74) is 2.66. The lowest BCUT2D eigenvalue weighted by atomic mass is 10.8. The van der Waals surface area contributed by atoms with Crippen molar-refractivity contribution in [2.75, 3.05) is 6.61 Å². The Bertz CT molecular complexity index is 59.0. The van der Waals surface area contributed by atoms with E-state index in [1.54, 1.807) is 0 Å². The molecule has 0 aromatic rings. The lowest BCUT2D eigenvalue weighted by Crippen LogP contribution is -1.68. The highest BCUT2D eigenvalue weighted by atomic mass is 28.1. The minimum atomic E-state index is 0.0174. The van der Waals surface area contributed by atoms with E-state index in [0.29, 0.717) is 0 Å². The minimum absolute atomic E-state index is 0.0174. The van der Waals surface area contributed by atoms with Gasteiger partial charge in [-0.05, 0) is 0 Å². The monoisotopic (exact) mass is 86.0 g/mol. The van der Waals surface area contributed by atoms with Crippen LogP contribution in [-0.4, -0.2) is 22.0 Å². The average Bonchev–Trinajstić information content (AvgIpc) is 1.41. The van der Waals surface area contributed by atoms with Crippen molar-refractivity contribution < 1.29 is 5.11 Å². The molecule has 0 fully saturated rings. The molecule has 0 unspecified atom stereocenters. The Balaban J connectivity index is 2.81. The Kier molecular flexibility index (Phi) is 3.54. The maximum Gasteiger partial charge on any atom is 0.103 e. The van der Waals surface area contributed by atoms with Gasteiger partial charge in [0.05, 0.1) is 10.2 Å². The molecule has 0 aliphatic carbocycles. The maximum atomic E-state index is 7.91. The molecule has 0 saturated heterocycles. The molecule has 0 aliphatic heterocycles. The van der Waals surface area contributed by atoms with Gasteiger partial charge >= 0.3 is 0 Å². The average molecular weight is 86.2 g/mol. The molecule has 0 atom stereocenters. The van der Waals surface area contributed by atoms with Crippen molar-refractivity contribution in [3.63, 3.8) is 0 Å². The standard InChI is InChI=1S/C3H6OSi/c4-2-1-3-5/h4H,2H2,5H3. The third-order valence-corrected chi connectivity index (χ3v) is 0.609. The van der Waals surface area contributed by atoms with Gasteiger partial charge in [-0.3, -0.25) is 0 Å². The zero-order valence-electron chi connectivity index (χ0n) is 3.15. The summed E-state index contributed by atoms with van der Waals surface area (Å²) in [6.07, 6.45) is 0. The van der Waals surface area contributed by atoms with E-state index in [0.717, 1.165) is 10.2 Å². The molecule has 0 saturated carbocycles. The molecule has 0 aliphatic rings. The molecule has 0 amide bonds. The molecular weight excluding hydrogens is 80.1 g/mol. The van der Waals surface area contributed by atoms with Crippen LogP contribution in [0.15, 0.2) is 0 Å². The van der Waals surface area contributed by atoms with Crippen molar-refractivity contribution in [3.05, 3.63) is 0 Å². The summed E-state index contributed by atoms with van der Waals surface area (Å²) in [5, 5.41) is 7.91. The Labute approximate surface area is 34.4 Å². The zero-order chi connectivity index (χ0) is 4.12. The smallest absolute Gasteiger partial charge is 0.103 e. The second-order valence-electron chi connectivity index (χ2n) is 0.585. The SMILES string of the molecule is OCC#C[SiH3]. The van der Waals surface area contributed by atoms with Crippen LogP contribution in [0.3, 0.4) is 0 Å². The molecule has 0 rings (SSSR count). The molecule has 28 valence electrons. The third-order valence-electron chi connectivity index (χ3n) is 0.256. The Morgan fingerprint density at radius 2 is 2.40 bits per heavy atom. The fourth-order valence-corrected chi connectivity index (χ4v) is 0.237. The molecule has 1 N–H and O–H groups in total. The van der Waals surface area contributed by atoms with Crippen LogP contribution in [0, 0.1) is 11.5 Å². The molecule has 1 nitrogen and oxygen atoms in total. The van der Waals surface area contributed by atoms with Crippen LogP contribution < -0.4 is 0 Å². The first kappa shape index (κ1) is 4.74. The Morgan fingerprint density at radius 1 is 1.80 bits per heavy atom. The molecule has 0 radical (unpaired) electrons. The predicted octanol–water partition coefficient (Wildman–Crippen LogP) is -1.70. The quantitative estimate of drug-likeness (QED) is 0.275. The van der Waals surface area contributed by atoms with E-state index in [1.807, 2.05) is 0 Å². The molecule has 0 aromatic carbocycles. The van der Waals surface area contributed by atoms with Crippen LogP contribution in [0.5, 0.6) is 0 Å². The zero-order valence-corrected chi connectivity index (χ0v) is 5.15. The molecular formula is C3H6OSi. The minimum Gasteiger partial charge on any atom is -0.384 e. The number of hydrogen-bond donors (Lipinski definition) is 1. The second kappa shape index (κ2) is 3.74. The summed E-state index contributed by atoms with van der Waals surface area (Å²) < 4.78 is 0. The lowest BCUT2D eigenvalue weighted by molar-refractivity contribution is 0.350. The van der Waals surface area contributed by atoms with Gasteiger partial charge in [0, 0.05) is 0 Å². The van der Waals surface area contributed by atoms with E-state index in [-0.39, 0.29) is 6.61 Å². The molecule has 0 spiro atoms. The van der Waals surface area contributed by atoms with Crippen LogP contribution in [0.2, 0.25) is 0 Å². The highest BCUT2D eigenvalue weighted by molar-refractivity contribution is 6.22. The van der Waals surface area contributed by atoms with Crippen LogP contribution >= 0.6 is 0 Å². The molecule has 0 heterocycles. The molecule has 2 heteroatoms. The fraction of sp³-hybridized carbons (Fsp3) is 0.333. The van der Waals surface area contributed by atoms with Gasteiger partial charge in [-0.2, -0.15) is 0 Å². The van der Waals surface area contributed by atoms with Gasteiger partial charge in [-0.15, -0.1) is 5.54 Å². The second-order valence-corrected chi connectivity index (χ2v) is 1.08. The van der Waals surface area contributed by atoms with Crippen molar-refractivity contribution in [2.24, 2.45) is 0 Å². The van der Waals surface area contributed by atoms with E-state index in [9.17, 15) is 0 Å². The normalized spacial score (nSPS) is 5.80. The maximum absolute atomic E-state index is 7.91. The van der Waals surface area contributed by atoms with Crippen molar-refractivity contribution in [2.45, 2.75) is 0 Å². The van der Waals surface area contributed by atoms with Crippen LogP contribution in [0.1, 0.15) is 0 Å². The summed E-state index contributed by atoms with van der Waals surface area (Å²) in [4.78, 5) is 0. The highest BCUT2D eigenvalue weighted by Gasteiger charge is 1.48. The summed E-state index contributed by atoms with van der Waals surface area (Å²) in [6.45, 7) is 0.0174. The fourth-order valence-electron chi connectivity index (χ4n) is 0.0791. The summed E-state index contributed by atoms with van der Waals surface area (Å²) >= 11 is 0. The third kappa shape index (κ3) is 3.74. The topological polar surface area (TPSA) is 20.2 Å². The molecule has 5 heavy (non-hydrogen) atoms. The highest BCUT2D eigenvalue weighted by Crippen LogP contribution is 1.40. The number of aliphatic hydroxyl groups is 1. The van der Waals surface area contributed by atoms with Gasteiger partial charge in [0.2, 0.25) is 0 Å². The molecule has 0 bridgehead atoms. The van der Waals surface area contributed by atoms with Crippen LogP contribution in [-0.2, 0) is 0 Å². The van der Waals surface area contributed by atoms with Gasteiger partial charge < -0.3 is 5.11 Å². The van der Waals surface area contributed by atoms with Crippen LogP contribution in [0.25, 0.3) is 0 Å². The number of rotatable bonds is 0.